The van der Waals surface area contributed by atoms with Crippen molar-refractivity contribution in [2.45, 2.75) is 25.7 Å². The number of amides is 2. The van der Waals surface area contributed by atoms with Crippen molar-refractivity contribution in [1.29, 1.82) is 0 Å². The van der Waals surface area contributed by atoms with E-state index in [-0.39, 0.29) is 11.8 Å². The largest absolute Gasteiger partial charge is 0.389 e. The first-order chi connectivity index (χ1) is 9.49. The van der Waals surface area contributed by atoms with E-state index in [9.17, 15) is 9.59 Å². The monoisotopic (exact) mass is 293 g/mol. The Kier molecular flexibility index (Phi) is 6.66. The van der Waals surface area contributed by atoms with Crippen molar-refractivity contribution in [2.75, 3.05) is 6.54 Å². The minimum absolute atomic E-state index is 0.0489. The van der Waals surface area contributed by atoms with Crippen LogP contribution in [0.25, 0.3) is 0 Å². The molecule has 0 unspecified atom stereocenters. The van der Waals surface area contributed by atoms with Crippen molar-refractivity contribution in [3.63, 3.8) is 0 Å². The molecule has 1 aromatic carbocycles. The molecule has 0 aliphatic carbocycles. The van der Waals surface area contributed by atoms with E-state index >= 15 is 0 Å². The second-order valence-electron chi connectivity index (χ2n) is 4.51. The van der Waals surface area contributed by atoms with Crippen LogP contribution >= 0.6 is 12.2 Å². The third-order valence-corrected chi connectivity index (χ3v) is 3.01. The van der Waals surface area contributed by atoms with Crippen LogP contribution in [0.3, 0.4) is 0 Å². The molecule has 6 heteroatoms. The van der Waals surface area contributed by atoms with E-state index in [0.717, 1.165) is 17.5 Å². The number of primary amides is 1. The third-order valence-electron chi connectivity index (χ3n) is 2.78. The Bertz CT molecular complexity index is 486. The summed E-state index contributed by atoms with van der Waals surface area (Å²) in [5.74, 6) is -0.360. The molecule has 1 aromatic rings. The summed E-state index contributed by atoms with van der Waals surface area (Å²) in [7, 11) is 0. The molecule has 5 N–H and O–H groups in total. The van der Waals surface area contributed by atoms with Gasteiger partial charge in [-0.25, -0.2) is 0 Å². The number of hydrogen-bond donors (Lipinski definition) is 3. The molecular formula is C14H19N3O2S. The first-order valence-corrected chi connectivity index (χ1v) is 6.83. The van der Waals surface area contributed by atoms with Gasteiger partial charge in [0.05, 0.1) is 6.42 Å². The van der Waals surface area contributed by atoms with Gasteiger partial charge >= 0.3 is 0 Å². The van der Waals surface area contributed by atoms with Gasteiger partial charge in [0.15, 0.2) is 0 Å². The molecule has 20 heavy (non-hydrogen) atoms. The molecule has 5 nitrogen and oxygen atoms in total. The van der Waals surface area contributed by atoms with Crippen LogP contribution in [0.2, 0.25) is 0 Å². The lowest BCUT2D eigenvalue weighted by molar-refractivity contribution is -0.120. The lowest BCUT2D eigenvalue weighted by Crippen LogP contribution is -2.26. The molecule has 2 amide bonds. The van der Waals surface area contributed by atoms with Gasteiger partial charge in [0.1, 0.15) is 4.99 Å². The van der Waals surface area contributed by atoms with Gasteiger partial charge in [-0.05, 0) is 18.4 Å². The van der Waals surface area contributed by atoms with E-state index in [2.05, 4.69) is 5.32 Å². The summed E-state index contributed by atoms with van der Waals surface area (Å²) in [5.41, 5.74) is 12.2. The highest BCUT2D eigenvalue weighted by Crippen LogP contribution is 2.05. The van der Waals surface area contributed by atoms with E-state index < -0.39 is 0 Å². The zero-order valence-electron chi connectivity index (χ0n) is 11.2. The van der Waals surface area contributed by atoms with Crippen molar-refractivity contribution in [3.8, 4) is 0 Å². The van der Waals surface area contributed by atoms with E-state index in [1.54, 1.807) is 12.1 Å². The fourth-order valence-electron chi connectivity index (χ4n) is 1.69. The predicted molar refractivity (Wildman–Crippen MR) is 82.1 cm³/mol. The molecule has 0 aromatic heterocycles. The molecule has 0 bridgehead atoms. The van der Waals surface area contributed by atoms with Crippen LogP contribution in [0.1, 0.15) is 30.4 Å². The molecule has 108 valence electrons. The predicted octanol–water partition coefficient (Wildman–Crippen LogP) is 0.635. The Hall–Kier alpha value is -1.95. The topological polar surface area (TPSA) is 98.2 Å². The van der Waals surface area contributed by atoms with Crippen LogP contribution in [0.5, 0.6) is 0 Å². The molecule has 0 heterocycles. The van der Waals surface area contributed by atoms with Crippen molar-refractivity contribution in [1.82, 2.24) is 5.32 Å². The highest BCUT2D eigenvalue weighted by Gasteiger charge is 2.04. The third kappa shape index (κ3) is 6.29. The van der Waals surface area contributed by atoms with Crippen molar-refractivity contribution in [3.05, 3.63) is 35.4 Å². The van der Waals surface area contributed by atoms with Gasteiger partial charge in [-0.1, -0.05) is 36.5 Å². The molecule has 0 aliphatic heterocycles. The number of carbonyl (C=O) groups excluding carboxylic acids is 2. The maximum atomic E-state index is 11.7. The first kappa shape index (κ1) is 16.1. The summed E-state index contributed by atoms with van der Waals surface area (Å²) >= 11 is 4.86. The average Bonchev–Trinajstić information content (AvgIpc) is 2.38. The lowest BCUT2D eigenvalue weighted by Gasteiger charge is -2.05. The Morgan fingerprint density at radius 3 is 2.30 bits per heavy atom. The molecule has 0 aliphatic rings. The highest BCUT2D eigenvalue weighted by molar-refractivity contribution is 7.80. The highest BCUT2D eigenvalue weighted by atomic mass is 32.1. The summed E-state index contributed by atoms with van der Waals surface area (Å²) in [6, 6.07) is 7.28. The minimum atomic E-state index is -0.311. The van der Waals surface area contributed by atoms with Gasteiger partial charge in [-0.2, -0.15) is 0 Å². The molecule has 1 rings (SSSR count). The first-order valence-electron chi connectivity index (χ1n) is 6.43. The molecular weight excluding hydrogens is 274 g/mol. The van der Waals surface area contributed by atoms with Gasteiger partial charge in [-0.15, -0.1) is 0 Å². The Labute approximate surface area is 123 Å². The average molecular weight is 293 g/mol. The summed E-state index contributed by atoms with van der Waals surface area (Å²) in [5, 5.41) is 2.80. The number of rotatable bonds is 8. The molecule has 0 saturated carbocycles. The maximum absolute atomic E-state index is 11.7. The summed E-state index contributed by atoms with van der Waals surface area (Å²) < 4.78 is 0. The van der Waals surface area contributed by atoms with Crippen LogP contribution in [0.15, 0.2) is 24.3 Å². The molecule has 0 atom stereocenters. The number of benzene rings is 1. The van der Waals surface area contributed by atoms with E-state index in [1.807, 2.05) is 12.1 Å². The van der Waals surface area contributed by atoms with E-state index in [1.165, 1.54) is 0 Å². The number of unbranched alkanes of at least 4 members (excludes halogenated alkanes) is 1. The Balaban J connectivity index is 2.28. The smallest absolute Gasteiger partial charge is 0.224 e. The van der Waals surface area contributed by atoms with Crippen LogP contribution in [-0.2, 0) is 16.0 Å². The summed E-state index contributed by atoms with van der Waals surface area (Å²) in [4.78, 5) is 22.5. The van der Waals surface area contributed by atoms with Crippen LogP contribution in [-0.4, -0.2) is 23.3 Å². The number of thiocarbonyl (C=S) groups is 1. The standard InChI is InChI=1S/C14H19N3O2S/c15-12(18)3-1-2-8-17-13(19)9-10-4-6-11(7-5-10)14(16)20/h4-7H,1-3,8-9H2,(H2,15,18)(H2,16,20)(H,17,19). The van der Waals surface area contributed by atoms with E-state index in [4.69, 9.17) is 23.7 Å². The SMILES string of the molecule is NC(=O)CCCCNC(=O)Cc1ccc(C(N)=S)cc1. The van der Waals surface area contributed by atoms with Crippen LogP contribution in [0.4, 0.5) is 0 Å². The number of nitrogens with two attached hydrogens (primary N) is 2. The zero-order valence-corrected chi connectivity index (χ0v) is 12.0. The van der Waals surface area contributed by atoms with Crippen molar-refractivity contribution in [2.24, 2.45) is 11.5 Å². The maximum Gasteiger partial charge on any atom is 0.224 e. The molecule has 0 radical (unpaired) electrons. The summed E-state index contributed by atoms with van der Waals surface area (Å²) in [6.45, 7) is 0.553. The fourth-order valence-corrected chi connectivity index (χ4v) is 1.82. The van der Waals surface area contributed by atoms with Crippen LogP contribution < -0.4 is 16.8 Å². The summed E-state index contributed by atoms with van der Waals surface area (Å²) in [6.07, 6.45) is 2.11. The van der Waals surface area contributed by atoms with Crippen molar-refractivity contribution >= 4 is 29.0 Å². The number of carbonyl (C=O) groups is 2. The zero-order chi connectivity index (χ0) is 15.0. The molecule has 0 saturated heterocycles. The van der Waals surface area contributed by atoms with Gasteiger partial charge < -0.3 is 16.8 Å². The second kappa shape index (κ2) is 8.27. The Morgan fingerprint density at radius 1 is 1.10 bits per heavy atom. The number of nitrogens with one attached hydrogen (secondary N) is 1. The minimum Gasteiger partial charge on any atom is -0.389 e. The second-order valence-corrected chi connectivity index (χ2v) is 4.95. The quantitative estimate of drug-likeness (QED) is 0.484. The normalized spacial score (nSPS) is 10.0. The van der Waals surface area contributed by atoms with Gasteiger partial charge in [0, 0.05) is 18.5 Å². The van der Waals surface area contributed by atoms with Crippen LogP contribution in [0, 0.1) is 0 Å². The van der Waals surface area contributed by atoms with Gasteiger partial charge in [-0.3, -0.25) is 9.59 Å². The Morgan fingerprint density at radius 2 is 1.75 bits per heavy atom. The number of hydrogen-bond acceptors (Lipinski definition) is 3. The fraction of sp³-hybridized carbons (Fsp3) is 0.357. The van der Waals surface area contributed by atoms with Crippen molar-refractivity contribution < 1.29 is 9.59 Å². The molecule has 0 spiro atoms. The van der Waals surface area contributed by atoms with Gasteiger partial charge in [0.2, 0.25) is 11.8 Å². The van der Waals surface area contributed by atoms with E-state index in [0.29, 0.717) is 30.8 Å². The lowest BCUT2D eigenvalue weighted by atomic mass is 10.1. The molecule has 0 fully saturated rings. The van der Waals surface area contributed by atoms with Gasteiger partial charge in [0.25, 0.3) is 0 Å².